The highest BCUT2D eigenvalue weighted by Crippen LogP contribution is 2.31. The fraction of sp³-hybridized carbons (Fsp3) is 0.533. The third-order valence-corrected chi connectivity index (χ3v) is 5.15. The first kappa shape index (κ1) is 14.2. The molecule has 0 amide bonds. The highest BCUT2D eigenvalue weighted by Gasteiger charge is 2.29. The van der Waals surface area contributed by atoms with E-state index in [-0.39, 0.29) is 12.5 Å². The smallest absolute Gasteiger partial charge is 0.305 e. The van der Waals surface area contributed by atoms with E-state index in [0.29, 0.717) is 11.4 Å². The molecule has 1 aliphatic heterocycles. The number of thioether (sulfide) groups is 1. The molecule has 110 valence electrons. The number of aliphatic carboxylic acids is 1. The normalized spacial score (nSPS) is 20.9. The third kappa shape index (κ3) is 2.84. The highest BCUT2D eigenvalue weighted by atomic mass is 32.2. The molecule has 0 aromatic carbocycles. The van der Waals surface area contributed by atoms with Crippen LogP contribution in [0.1, 0.15) is 29.7 Å². The zero-order valence-corrected chi connectivity index (χ0v) is 12.5. The number of carboxylic acid groups (broad SMARTS) is 1. The highest BCUT2D eigenvalue weighted by molar-refractivity contribution is 7.99. The number of fused-ring (bicyclic) bond motifs is 1. The summed E-state index contributed by atoms with van der Waals surface area (Å²) in [5.74, 6) is 1.60. The second-order valence-corrected chi connectivity index (χ2v) is 6.60. The topological polar surface area (TPSA) is 77.2 Å². The molecule has 6 heteroatoms. The van der Waals surface area contributed by atoms with Crippen LogP contribution in [0.2, 0.25) is 0 Å². The SMILES string of the molecule is N#Cc1cc2c(nc1N1CCSCC1CC(=O)O)CCC2. The van der Waals surface area contributed by atoms with Crippen LogP contribution in [0.15, 0.2) is 6.07 Å². The quantitative estimate of drug-likeness (QED) is 0.918. The number of aryl methyl sites for hydroxylation is 2. The summed E-state index contributed by atoms with van der Waals surface area (Å²) in [5.41, 5.74) is 2.84. The molecule has 1 aliphatic carbocycles. The van der Waals surface area contributed by atoms with Gasteiger partial charge in [-0.2, -0.15) is 17.0 Å². The van der Waals surface area contributed by atoms with E-state index >= 15 is 0 Å². The summed E-state index contributed by atoms with van der Waals surface area (Å²) in [7, 11) is 0. The Morgan fingerprint density at radius 1 is 1.57 bits per heavy atom. The molecule has 1 atom stereocenters. The lowest BCUT2D eigenvalue weighted by Gasteiger charge is -2.36. The summed E-state index contributed by atoms with van der Waals surface area (Å²) in [4.78, 5) is 17.8. The number of rotatable bonds is 3. The molecule has 0 radical (unpaired) electrons. The summed E-state index contributed by atoms with van der Waals surface area (Å²) in [5, 5.41) is 18.5. The van der Waals surface area contributed by atoms with E-state index in [4.69, 9.17) is 10.1 Å². The maximum atomic E-state index is 11.1. The van der Waals surface area contributed by atoms with Gasteiger partial charge in [0, 0.05) is 29.8 Å². The number of carboxylic acids is 1. The largest absolute Gasteiger partial charge is 0.481 e. The molecule has 0 spiro atoms. The molecule has 2 aliphatic rings. The van der Waals surface area contributed by atoms with Crippen LogP contribution in [-0.4, -0.2) is 40.2 Å². The van der Waals surface area contributed by atoms with Gasteiger partial charge in [-0.1, -0.05) is 0 Å². The van der Waals surface area contributed by atoms with E-state index in [9.17, 15) is 10.1 Å². The average Bonchev–Trinajstić information content (AvgIpc) is 2.93. The van der Waals surface area contributed by atoms with Gasteiger partial charge in [0.15, 0.2) is 0 Å². The van der Waals surface area contributed by atoms with Crippen molar-refractivity contribution in [3.8, 4) is 6.07 Å². The van der Waals surface area contributed by atoms with E-state index in [1.54, 1.807) is 11.8 Å². The van der Waals surface area contributed by atoms with Crippen LogP contribution in [0.4, 0.5) is 5.82 Å². The van der Waals surface area contributed by atoms with Crippen molar-refractivity contribution in [2.45, 2.75) is 31.7 Å². The van der Waals surface area contributed by atoms with E-state index in [1.165, 1.54) is 5.56 Å². The van der Waals surface area contributed by atoms with E-state index in [2.05, 4.69) is 6.07 Å². The van der Waals surface area contributed by atoms with E-state index < -0.39 is 5.97 Å². The monoisotopic (exact) mass is 303 g/mol. The van der Waals surface area contributed by atoms with Crippen molar-refractivity contribution < 1.29 is 9.90 Å². The lowest BCUT2D eigenvalue weighted by atomic mass is 10.1. The van der Waals surface area contributed by atoms with Crippen molar-refractivity contribution in [2.24, 2.45) is 0 Å². The Labute approximate surface area is 128 Å². The maximum absolute atomic E-state index is 11.1. The average molecular weight is 303 g/mol. The van der Waals surface area contributed by atoms with Gasteiger partial charge in [0.05, 0.1) is 12.0 Å². The van der Waals surface area contributed by atoms with Crippen LogP contribution < -0.4 is 4.90 Å². The van der Waals surface area contributed by atoms with Gasteiger partial charge >= 0.3 is 5.97 Å². The minimum atomic E-state index is -0.799. The fourth-order valence-corrected chi connectivity index (χ4v) is 4.13. The van der Waals surface area contributed by atoms with Crippen molar-refractivity contribution in [3.63, 3.8) is 0 Å². The number of pyridine rings is 1. The number of hydrogen-bond donors (Lipinski definition) is 1. The summed E-state index contributed by atoms with van der Waals surface area (Å²) in [6, 6.07) is 4.10. The summed E-state index contributed by atoms with van der Waals surface area (Å²) in [6.45, 7) is 0.753. The Bertz CT molecular complexity index is 612. The molecule has 3 rings (SSSR count). The minimum absolute atomic E-state index is 0.0831. The number of aromatic nitrogens is 1. The van der Waals surface area contributed by atoms with Crippen LogP contribution in [0.5, 0.6) is 0 Å². The lowest BCUT2D eigenvalue weighted by Crippen LogP contribution is -2.44. The second kappa shape index (κ2) is 5.94. The third-order valence-electron chi connectivity index (χ3n) is 4.06. The van der Waals surface area contributed by atoms with Gasteiger partial charge < -0.3 is 10.0 Å². The number of carbonyl (C=O) groups is 1. The van der Waals surface area contributed by atoms with Crippen molar-refractivity contribution in [3.05, 3.63) is 22.9 Å². The van der Waals surface area contributed by atoms with E-state index in [1.807, 2.05) is 11.0 Å². The minimum Gasteiger partial charge on any atom is -0.481 e. The first-order valence-electron chi connectivity index (χ1n) is 7.18. The van der Waals surface area contributed by atoms with Gasteiger partial charge in [0.1, 0.15) is 11.9 Å². The molecule has 1 saturated heterocycles. The van der Waals surface area contributed by atoms with E-state index in [0.717, 1.165) is 43.0 Å². The zero-order chi connectivity index (χ0) is 14.8. The Kier molecular flexibility index (Phi) is 4.02. The Morgan fingerprint density at radius 3 is 3.19 bits per heavy atom. The van der Waals surface area contributed by atoms with Gasteiger partial charge in [-0.15, -0.1) is 0 Å². The molecular formula is C15H17N3O2S. The van der Waals surface area contributed by atoms with Crippen LogP contribution in [0.25, 0.3) is 0 Å². The standard InChI is InChI=1S/C15H17N3O2S/c16-8-11-6-10-2-1-3-13(10)17-15(11)18-4-5-21-9-12(18)7-14(19)20/h6,12H,1-5,7,9H2,(H,19,20). The van der Waals surface area contributed by atoms with Crippen LogP contribution in [-0.2, 0) is 17.6 Å². The number of nitriles is 1. The molecule has 1 aromatic heterocycles. The molecule has 0 bridgehead atoms. The Hall–Kier alpha value is -1.74. The molecular weight excluding hydrogens is 286 g/mol. The number of nitrogens with zero attached hydrogens (tertiary/aromatic N) is 3. The molecule has 2 heterocycles. The van der Waals surface area contributed by atoms with Gasteiger partial charge in [-0.05, 0) is 30.9 Å². The van der Waals surface area contributed by atoms with Crippen molar-refractivity contribution in [2.75, 3.05) is 23.0 Å². The van der Waals surface area contributed by atoms with Gasteiger partial charge in [0.2, 0.25) is 0 Å². The lowest BCUT2D eigenvalue weighted by molar-refractivity contribution is -0.137. The molecule has 0 saturated carbocycles. The number of anilines is 1. The molecule has 1 fully saturated rings. The first-order chi connectivity index (χ1) is 10.2. The Balaban J connectivity index is 1.97. The summed E-state index contributed by atoms with van der Waals surface area (Å²) in [6.07, 6.45) is 3.13. The molecule has 1 N–H and O–H groups in total. The molecule has 1 aromatic rings. The van der Waals surface area contributed by atoms with Gasteiger partial charge in [-0.25, -0.2) is 4.98 Å². The summed E-state index contributed by atoms with van der Waals surface area (Å²) < 4.78 is 0. The predicted molar refractivity (Wildman–Crippen MR) is 81.7 cm³/mol. The van der Waals surface area contributed by atoms with Crippen molar-refractivity contribution in [1.82, 2.24) is 4.98 Å². The number of hydrogen-bond acceptors (Lipinski definition) is 5. The molecule has 1 unspecified atom stereocenters. The van der Waals surface area contributed by atoms with Crippen LogP contribution in [0.3, 0.4) is 0 Å². The van der Waals surface area contributed by atoms with Gasteiger partial charge in [-0.3, -0.25) is 4.79 Å². The predicted octanol–water partition coefficient (Wildman–Crippen LogP) is 1.84. The molecule has 21 heavy (non-hydrogen) atoms. The zero-order valence-electron chi connectivity index (χ0n) is 11.7. The van der Waals surface area contributed by atoms with Crippen molar-refractivity contribution in [1.29, 1.82) is 5.26 Å². The van der Waals surface area contributed by atoms with Crippen molar-refractivity contribution >= 4 is 23.5 Å². The molecule has 5 nitrogen and oxygen atoms in total. The second-order valence-electron chi connectivity index (χ2n) is 5.45. The summed E-state index contributed by atoms with van der Waals surface area (Å²) >= 11 is 1.77. The Morgan fingerprint density at radius 2 is 2.43 bits per heavy atom. The van der Waals surface area contributed by atoms with Crippen LogP contribution in [0, 0.1) is 11.3 Å². The maximum Gasteiger partial charge on any atom is 0.305 e. The van der Waals surface area contributed by atoms with Crippen LogP contribution >= 0.6 is 11.8 Å². The fourth-order valence-electron chi connectivity index (χ4n) is 3.07. The van der Waals surface area contributed by atoms with Gasteiger partial charge in [0.25, 0.3) is 0 Å². The first-order valence-corrected chi connectivity index (χ1v) is 8.33.